The van der Waals surface area contributed by atoms with Gasteiger partial charge in [0.2, 0.25) is 0 Å². The molecule has 2 nitrogen and oxygen atoms in total. The fourth-order valence-corrected chi connectivity index (χ4v) is 3.13. The molecule has 0 bridgehead atoms. The highest BCUT2D eigenvalue weighted by Crippen LogP contribution is 2.39. The van der Waals surface area contributed by atoms with E-state index in [2.05, 4.69) is 10.2 Å². The molecule has 0 aromatic heterocycles. The van der Waals surface area contributed by atoms with E-state index >= 15 is 0 Å². The zero-order valence-electron chi connectivity index (χ0n) is 10.00. The average molecular weight is 226 g/mol. The second kappa shape index (κ2) is 4.61. The summed E-state index contributed by atoms with van der Waals surface area (Å²) in [6.45, 7) is 3.14. The van der Waals surface area contributed by atoms with Crippen LogP contribution in [0.2, 0.25) is 0 Å². The molecule has 3 aliphatic rings. The van der Waals surface area contributed by atoms with Crippen molar-refractivity contribution in [3.8, 4) is 0 Å². The van der Waals surface area contributed by atoms with Crippen molar-refractivity contribution in [1.82, 2.24) is 10.2 Å². The van der Waals surface area contributed by atoms with Crippen molar-refractivity contribution in [3.63, 3.8) is 0 Å². The topological polar surface area (TPSA) is 15.3 Å². The largest absolute Gasteiger partial charge is 0.311 e. The van der Waals surface area contributed by atoms with Crippen molar-refractivity contribution in [1.29, 1.82) is 0 Å². The molecule has 1 N–H and O–H groups in total. The average Bonchev–Trinajstić information content (AvgIpc) is 3.19. The summed E-state index contributed by atoms with van der Waals surface area (Å²) in [6.07, 6.45) is 6.32. The minimum atomic E-state index is -0.157. The number of piperazine rings is 1. The fraction of sp³-hybridized carbons (Fsp3) is 1.00. The Morgan fingerprint density at radius 1 is 1.12 bits per heavy atom. The summed E-state index contributed by atoms with van der Waals surface area (Å²) in [4.78, 5) is 2.58. The highest BCUT2D eigenvalue weighted by Gasteiger charge is 2.42. The SMILES string of the molecule is FCCCN1CC(C2CC2)NCC1C1CC1. The Morgan fingerprint density at radius 2 is 1.88 bits per heavy atom. The van der Waals surface area contributed by atoms with Crippen LogP contribution >= 0.6 is 0 Å². The van der Waals surface area contributed by atoms with Crippen LogP contribution in [0.3, 0.4) is 0 Å². The van der Waals surface area contributed by atoms with Gasteiger partial charge in [0, 0.05) is 31.7 Å². The van der Waals surface area contributed by atoms with Crippen LogP contribution in [0, 0.1) is 11.8 Å². The Bertz CT molecular complexity index is 238. The van der Waals surface area contributed by atoms with Crippen LogP contribution in [-0.4, -0.2) is 43.3 Å². The lowest BCUT2D eigenvalue weighted by atomic mass is 10.0. The Kier molecular flexibility index (Phi) is 3.16. The lowest BCUT2D eigenvalue weighted by Gasteiger charge is -2.41. The van der Waals surface area contributed by atoms with Gasteiger partial charge in [0.05, 0.1) is 6.67 Å². The standard InChI is InChI=1S/C13H23FN2/c14-6-1-7-16-9-12(10-2-3-10)15-8-13(16)11-4-5-11/h10-13,15H,1-9H2. The molecule has 0 radical (unpaired) electrons. The summed E-state index contributed by atoms with van der Waals surface area (Å²) >= 11 is 0. The minimum absolute atomic E-state index is 0.157. The number of halogens is 1. The van der Waals surface area contributed by atoms with Gasteiger partial charge in [-0.3, -0.25) is 9.29 Å². The van der Waals surface area contributed by atoms with E-state index in [1.54, 1.807) is 0 Å². The van der Waals surface area contributed by atoms with E-state index < -0.39 is 0 Å². The highest BCUT2D eigenvalue weighted by atomic mass is 19.1. The summed E-state index contributed by atoms with van der Waals surface area (Å²) in [5, 5.41) is 3.72. The molecule has 92 valence electrons. The quantitative estimate of drug-likeness (QED) is 0.769. The second-order valence-electron chi connectivity index (χ2n) is 5.79. The fourth-order valence-electron chi connectivity index (χ4n) is 3.13. The molecular weight excluding hydrogens is 203 g/mol. The number of hydrogen-bond acceptors (Lipinski definition) is 2. The normalized spacial score (nSPS) is 36.6. The third-order valence-electron chi connectivity index (χ3n) is 4.43. The zero-order chi connectivity index (χ0) is 11.0. The second-order valence-corrected chi connectivity index (χ2v) is 5.79. The van der Waals surface area contributed by atoms with Gasteiger partial charge in [0.1, 0.15) is 0 Å². The number of rotatable bonds is 5. The van der Waals surface area contributed by atoms with E-state index in [0.29, 0.717) is 12.1 Å². The summed E-state index contributed by atoms with van der Waals surface area (Å²) < 4.78 is 12.3. The molecule has 3 heteroatoms. The first kappa shape index (κ1) is 11.0. The van der Waals surface area contributed by atoms with Crippen molar-refractivity contribution in [2.24, 2.45) is 11.8 Å². The van der Waals surface area contributed by atoms with Crippen LogP contribution in [-0.2, 0) is 0 Å². The molecule has 1 saturated heterocycles. The number of alkyl halides is 1. The third kappa shape index (κ3) is 2.40. The smallest absolute Gasteiger partial charge is 0.0906 e. The first-order chi connectivity index (χ1) is 7.88. The van der Waals surface area contributed by atoms with Crippen LogP contribution in [0.15, 0.2) is 0 Å². The molecule has 0 spiro atoms. The summed E-state index contributed by atoms with van der Waals surface area (Å²) in [5.41, 5.74) is 0. The Labute approximate surface area is 97.6 Å². The van der Waals surface area contributed by atoms with Crippen LogP contribution in [0.4, 0.5) is 4.39 Å². The maximum atomic E-state index is 12.3. The van der Waals surface area contributed by atoms with E-state index in [4.69, 9.17) is 0 Å². The summed E-state index contributed by atoms with van der Waals surface area (Å²) in [7, 11) is 0. The van der Waals surface area contributed by atoms with Crippen LogP contribution in [0.25, 0.3) is 0 Å². The molecule has 2 aliphatic carbocycles. The Hall–Kier alpha value is -0.150. The van der Waals surface area contributed by atoms with Crippen LogP contribution in [0.1, 0.15) is 32.1 Å². The molecular formula is C13H23FN2. The van der Waals surface area contributed by atoms with Gasteiger partial charge >= 0.3 is 0 Å². The van der Waals surface area contributed by atoms with E-state index in [0.717, 1.165) is 31.3 Å². The van der Waals surface area contributed by atoms with Crippen molar-refractivity contribution in [3.05, 3.63) is 0 Å². The minimum Gasteiger partial charge on any atom is -0.311 e. The van der Waals surface area contributed by atoms with Gasteiger partial charge in [-0.2, -0.15) is 0 Å². The van der Waals surface area contributed by atoms with Gasteiger partial charge in [0.15, 0.2) is 0 Å². The Morgan fingerprint density at radius 3 is 2.50 bits per heavy atom. The lowest BCUT2D eigenvalue weighted by Crippen LogP contribution is -2.58. The van der Waals surface area contributed by atoms with Gasteiger partial charge in [0.25, 0.3) is 0 Å². The van der Waals surface area contributed by atoms with Crippen LogP contribution in [0.5, 0.6) is 0 Å². The predicted molar refractivity (Wildman–Crippen MR) is 63.2 cm³/mol. The summed E-state index contributed by atoms with van der Waals surface area (Å²) in [6, 6.07) is 1.41. The predicted octanol–water partition coefficient (Wildman–Crippen LogP) is 1.81. The first-order valence-electron chi connectivity index (χ1n) is 6.92. The van der Waals surface area contributed by atoms with Crippen molar-refractivity contribution in [2.75, 3.05) is 26.3 Å². The van der Waals surface area contributed by atoms with E-state index in [1.165, 1.54) is 32.2 Å². The maximum absolute atomic E-state index is 12.3. The molecule has 2 atom stereocenters. The van der Waals surface area contributed by atoms with Crippen LogP contribution < -0.4 is 5.32 Å². The first-order valence-corrected chi connectivity index (χ1v) is 6.92. The summed E-state index contributed by atoms with van der Waals surface area (Å²) in [5.74, 6) is 1.83. The van der Waals surface area contributed by atoms with E-state index in [9.17, 15) is 4.39 Å². The molecule has 0 aromatic carbocycles. The monoisotopic (exact) mass is 226 g/mol. The molecule has 2 saturated carbocycles. The highest BCUT2D eigenvalue weighted by molar-refractivity contribution is 4.98. The van der Waals surface area contributed by atoms with Crippen molar-refractivity contribution in [2.45, 2.75) is 44.2 Å². The molecule has 0 aromatic rings. The third-order valence-corrected chi connectivity index (χ3v) is 4.43. The molecule has 3 rings (SSSR count). The van der Waals surface area contributed by atoms with E-state index in [1.807, 2.05) is 0 Å². The number of nitrogens with zero attached hydrogens (tertiary/aromatic N) is 1. The number of hydrogen-bond donors (Lipinski definition) is 1. The van der Waals surface area contributed by atoms with Crippen molar-refractivity contribution >= 4 is 0 Å². The molecule has 1 heterocycles. The van der Waals surface area contributed by atoms with Gasteiger partial charge in [-0.25, -0.2) is 0 Å². The van der Waals surface area contributed by atoms with Crippen molar-refractivity contribution < 1.29 is 4.39 Å². The molecule has 1 aliphatic heterocycles. The molecule has 2 unspecified atom stereocenters. The molecule has 3 fully saturated rings. The van der Waals surface area contributed by atoms with Gasteiger partial charge in [-0.05, 0) is 43.9 Å². The van der Waals surface area contributed by atoms with Gasteiger partial charge < -0.3 is 5.32 Å². The van der Waals surface area contributed by atoms with Gasteiger partial charge in [-0.1, -0.05) is 0 Å². The number of nitrogens with one attached hydrogen (secondary N) is 1. The van der Waals surface area contributed by atoms with E-state index in [-0.39, 0.29) is 6.67 Å². The molecule has 0 amide bonds. The lowest BCUT2D eigenvalue weighted by molar-refractivity contribution is 0.104. The zero-order valence-corrected chi connectivity index (χ0v) is 10.00. The van der Waals surface area contributed by atoms with Gasteiger partial charge in [-0.15, -0.1) is 0 Å². The molecule has 16 heavy (non-hydrogen) atoms. The maximum Gasteiger partial charge on any atom is 0.0906 e. The Balaban J connectivity index is 1.57.